The number of amides is 1. The van der Waals surface area contributed by atoms with Crippen LogP contribution in [0, 0.1) is 5.82 Å². The summed E-state index contributed by atoms with van der Waals surface area (Å²) in [5.74, 6) is -0.773. The van der Waals surface area contributed by atoms with E-state index in [2.05, 4.69) is 5.32 Å². The number of hydrogen-bond acceptors (Lipinski definition) is 3. The molecular weight excluding hydrogens is 295 g/mol. The van der Waals surface area contributed by atoms with E-state index >= 15 is 0 Å². The van der Waals surface area contributed by atoms with E-state index in [1.807, 2.05) is 20.8 Å². The molecule has 0 aliphatic heterocycles. The molecule has 0 unspecified atom stereocenters. The molecule has 5 nitrogen and oxygen atoms in total. The van der Waals surface area contributed by atoms with Crippen LogP contribution in [0.3, 0.4) is 0 Å². The Labute approximate surface area is 125 Å². The Hall–Kier alpha value is -1.47. The van der Waals surface area contributed by atoms with Gasteiger partial charge in [-0.1, -0.05) is 12.1 Å². The summed E-state index contributed by atoms with van der Waals surface area (Å²) in [4.78, 5) is 11.9. The molecule has 0 saturated carbocycles. The molecule has 21 heavy (non-hydrogen) atoms. The second-order valence-electron chi connectivity index (χ2n) is 5.96. The summed E-state index contributed by atoms with van der Waals surface area (Å²) in [6.07, 6.45) is 1.04. The first-order valence-electron chi connectivity index (χ1n) is 6.48. The van der Waals surface area contributed by atoms with Crippen molar-refractivity contribution in [2.24, 2.45) is 0 Å². The number of nitrogens with one attached hydrogen (secondary N) is 1. The number of hydrogen-bond donors (Lipinski definition) is 1. The normalized spacial score (nSPS) is 12.5. The van der Waals surface area contributed by atoms with Crippen LogP contribution < -0.4 is 5.32 Å². The number of nitrogens with zero attached hydrogens (tertiary/aromatic N) is 1. The Kier molecular flexibility index (Phi) is 5.47. The van der Waals surface area contributed by atoms with Crippen molar-refractivity contribution >= 4 is 15.9 Å². The molecule has 0 radical (unpaired) electrons. The van der Waals surface area contributed by atoms with Crippen LogP contribution in [0.1, 0.15) is 26.3 Å². The summed E-state index contributed by atoms with van der Waals surface area (Å²) >= 11 is 0. The van der Waals surface area contributed by atoms with Gasteiger partial charge in [0.25, 0.3) is 0 Å². The molecule has 1 aromatic rings. The molecule has 0 fully saturated rings. The van der Waals surface area contributed by atoms with Crippen LogP contribution in [0.2, 0.25) is 0 Å². The van der Waals surface area contributed by atoms with E-state index in [1.165, 1.54) is 24.3 Å². The van der Waals surface area contributed by atoms with E-state index in [0.29, 0.717) is 5.56 Å². The van der Waals surface area contributed by atoms with Gasteiger partial charge in [0, 0.05) is 12.1 Å². The highest BCUT2D eigenvalue weighted by molar-refractivity contribution is 7.88. The van der Waals surface area contributed by atoms with Crippen molar-refractivity contribution in [3.63, 3.8) is 0 Å². The first kappa shape index (κ1) is 17.6. The van der Waals surface area contributed by atoms with Crippen LogP contribution in [0.25, 0.3) is 0 Å². The monoisotopic (exact) mass is 316 g/mol. The maximum Gasteiger partial charge on any atom is 0.235 e. The van der Waals surface area contributed by atoms with Crippen molar-refractivity contribution in [3.8, 4) is 0 Å². The molecule has 1 rings (SSSR count). The fraction of sp³-hybridized carbons (Fsp3) is 0.500. The predicted molar refractivity (Wildman–Crippen MR) is 79.5 cm³/mol. The van der Waals surface area contributed by atoms with Crippen LogP contribution in [0.4, 0.5) is 4.39 Å². The van der Waals surface area contributed by atoms with E-state index in [1.54, 1.807) is 0 Å². The lowest BCUT2D eigenvalue weighted by molar-refractivity contribution is -0.122. The van der Waals surface area contributed by atoms with Crippen LogP contribution in [-0.4, -0.2) is 37.0 Å². The minimum Gasteiger partial charge on any atom is -0.350 e. The van der Waals surface area contributed by atoms with E-state index < -0.39 is 21.4 Å². The average molecular weight is 316 g/mol. The Morgan fingerprint density at radius 3 is 2.19 bits per heavy atom. The third-order valence-electron chi connectivity index (χ3n) is 2.58. The van der Waals surface area contributed by atoms with Gasteiger partial charge in [0.1, 0.15) is 5.82 Å². The van der Waals surface area contributed by atoms with Gasteiger partial charge in [-0.2, -0.15) is 4.31 Å². The van der Waals surface area contributed by atoms with Gasteiger partial charge in [-0.15, -0.1) is 0 Å². The third kappa shape index (κ3) is 6.68. The van der Waals surface area contributed by atoms with E-state index in [9.17, 15) is 17.6 Å². The molecule has 118 valence electrons. The number of halogens is 1. The van der Waals surface area contributed by atoms with Crippen LogP contribution >= 0.6 is 0 Å². The predicted octanol–water partition coefficient (Wildman–Crippen LogP) is 1.50. The zero-order chi connectivity index (χ0) is 16.3. The molecule has 7 heteroatoms. The number of sulfonamides is 1. The molecule has 0 saturated heterocycles. The van der Waals surface area contributed by atoms with Gasteiger partial charge in [-0.25, -0.2) is 12.8 Å². The summed E-state index contributed by atoms with van der Waals surface area (Å²) in [7, 11) is -3.55. The smallest absolute Gasteiger partial charge is 0.235 e. The van der Waals surface area contributed by atoms with Gasteiger partial charge in [0.05, 0.1) is 12.8 Å². The summed E-state index contributed by atoms with van der Waals surface area (Å²) < 4.78 is 37.5. The van der Waals surface area contributed by atoms with Gasteiger partial charge in [0.2, 0.25) is 15.9 Å². The number of benzene rings is 1. The quantitative estimate of drug-likeness (QED) is 0.895. The van der Waals surface area contributed by atoms with Crippen molar-refractivity contribution in [2.45, 2.75) is 32.9 Å². The van der Waals surface area contributed by atoms with Gasteiger partial charge < -0.3 is 5.32 Å². The maximum absolute atomic E-state index is 12.9. The molecule has 0 aliphatic carbocycles. The fourth-order valence-electron chi connectivity index (χ4n) is 1.70. The average Bonchev–Trinajstić information content (AvgIpc) is 2.27. The minimum atomic E-state index is -3.55. The molecule has 0 atom stereocenters. The maximum atomic E-state index is 12.9. The van der Waals surface area contributed by atoms with Crippen molar-refractivity contribution in [2.75, 3.05) is 12.8 Å². The SMILES string of the molecule is CC(C)(C)NC(=O)CN(Cc1ccc(F)cc1)S(C)(=O)=O. The highest BCUT2D eigenvalue weighted by Gasteiger charge is 2.22. The lowest BCUT2D eigenvalue weighted by atomic mass is 10.1. The number of carbonyl (C=O) groups excluding carboxylic acids is 1. The second kappa shape index (κ2) is 6.53. The molecule has 1 amide bonds. The Morgan fingerprint density at radius 2 is 1.76 bits per heavy atom. The van der Waals surface area contributed by atoms with Gasteiger partial charge >= 0.3 is 0 Å². The Balaban J connectivity index is 2.83. The van der Waals surface area contributed by atoms with Crippen LogP contribution in [-0.2, 0) is 21.4 Å². The third-order valence-corrected chi connectivity index (χ3v) is 3.77. The summed E-state index contributed by atoms with van der Waals surface area (Å²) in [5, 5.41) is 2.71. The van der Waals surface area contributed by atoms with Gasteiger partial charge in [0.15, 0.2) is 0 Å². The van der Waals surface area contributed by atoms with E-state index in [4.69, 9.17) is 0 Å². The number of rotatable bonds is 5. The zero-order valence-corrected chi connectivity index (χ0v) is 13.5. The second-order valence-corrected chi connectivity index (χ2v) is 7.94. The minimum absolute atomic E-state index is 0.0245. The van der Waals surface area contributed by atoms with Crippen molar-refractivity contribution in [1.29, 1.82) is 0 Å². The van der Waals surface area contributed by atoms with Gasteiger partial charge in [-0.3, -0.25) is 4.79 Å². The topological polar surface area (TPSA) is 66.5 Å². The van der Waals surface area contributed by atoms with Crippen molar-refractivity contribution in [1.82, 2.24) is 9.62 Å². The first-order valence-corrected chi connectivity index (χ1v) is 8.33. The highest BCUT2D eigenvalue weighted by Crippen LogP contribution is 2.10. The number of carbonyl (C=O) groups is 1. The van der Waals surface area contributed by atoms with E-state index in [-0.39, 0.29) is 19.0 Å². The molecule has 1 N–H and O–H groups in total. The van der Waals surface area contributed by atoms with E-state index in [0.717, 1.165) is 10.6 Å². The molecular formula is C14H21FN2O3S. The molecule has 0 aliphatic rings. The molecule has 1 aromatic carbocycles. The molecule has 0 bridgehead atoms. The largest absolute Gasteiger partial charge is 0.350 e. The van der Waals surface area contributed by atoms with Crippen molar-refractivity contribution < 1.29 is 17.6 Å². The summed E-state index contributed by atoms with van der Waals surface area (Å²) in [6, 6.07) is 5.50. The first-order chi connectivity index (χ1) is 9.47. The summed E-state index contributed by atoms with van der Waals surface area (Å²) in [5.41, 5.74) is 0.182. The zero-order valence-electron chi connectivity index (χ0n) is 12.7. The van der Waals surface area contributed by atoms with Crippen molar-refractivity contribution in [3.05, 3.63) is 35.6 Å². The lowest BCUT2D eigenvalue weighted by Gasteiger charge is -2.24. The lowest BCUT2D eigenvalue weighted by Crippen LogP contribution is -2.46. The molecule has 0 aromatic heterocycles. The fourth-order valence-corrected chi connectivity index (χ4v) is 2.44. The Morgan fingerprint density at radius 1 is 1.24 bits per heavy atom. The standard InChI is InChI=1S/C14H21FN2O3S/c1-14(2,3)16-13(18)10-17(21(4,19)20)9-11-5-7-12(15)8-6-11/h5-8H,9-10H2,1-4H3,(H,16,18). The van der Waals surface area contributed by atoms with Crippen LogP contribution in [0.5, 0.6) is 0 Å². The van der Waals surface area contributed by atoms with Crippen LogP contribution in [0.15, 0.2) is 24.3 Å². The Bertz CT molecular complexity index is 592. The molecule has 0 spiro atoms. The molecule has 0 heterocycles. The highest BCUT2D eigenvalue weighted by atomic mass is 32.2. The van der Waals surface area contributed by atoms with Gasteiger partial charge in [-0.05, 0) is 38.5 Å². The summed E-state index contributed by atoms with van der Waals surface area (Å²) in [6.45, 7) is 5.20.